The maximum absolute atomic E-state index is 12.3. The molecule has 1 aromatic heterocycles. The number of aryl methyl sites for hydroxylation is 1. The van der Waals surface area contributed by atoms with Gasteiger partial charge in [-0.2, -0.15) is 0 Å². The third kappa shape index (κ3) is 5.00. The summed E-state index contributed by atoms with van der Waals surface area (Å²) in [5.74, 6) is -0.0820. The van der Waals surface area contributed by atoms with Crippen molar-refractivity contribution in [3.8, 4) is 0 Å². The van der Waals surface area contributed by atoms with Crippen molar-refractivity contribution in [3.63, 3.8) is 0 Å². The van der Waals surface area contributed by atoms with Crippen LogP contribution in [0.25, 0.3) is 10.9 Å². The Morgan fingerprint density at radius 2 is 1.93 bits per heavy atom. The maximum Gasteiger partial charge on any atom is 0.251 e. The third-order valence-electron chi connectivity index (χ3n) is 4.80. The standard InChI is InChI=1S/C22H24ClN3O2/c1-26(2)20(16-7-5-8-18(23)13-16)14-24-21(27)11-10-17-12-15-6-3-4-9-19(15)25-22(17)28/h3-9,12-13,20H,10-11,14H2,1-2H3,(H,24,27)(H,25,28). The highest BCUT2D eigenvalue weighted by atomic mass is 35.5. The summed E-state index contributed by atoms with van der Waals surface area (Å²) in [6.45, 7) is 0.472. The zero-order valence-electron chi connectivity index (χ0n) is 16.0. The summed E-state index contributed by atoms with van der Waals surface area (Å²) in [6, 6.07) is 17.1. The molecular weight excluding hydrogens is 374 g/mol. The van der Waals surface area contributed by atoms with Gasteiger partial charge in [0.25, 0.3) is 5.56 Å². The predicted octanol–water partition coefficient (Wildman–Crippen LogP) is 3.53. The quantitative estimate of drug-likeness (QED) is 0.641. The molecule has 2 N–H and O–H groups in total. The Hall–Kier alpha value is -2.63. The Morgan fingerprint density at radius 3 is 2.68 bits per heavy atom. The fraction of sp³-hybridized carbons (Fsp3) is 0.273. The summed E-state index contributed by atoms with van der Waals surface area (Å²) in [4.78, 5) is 29.5. The lowest BCUT2D eigenvalue weighted by Gasteiger charge is -2.25. The number of fused-ring (bicyclic) bond motifs is 1. The van der Waals surface area contributed by atoms with Crippen molar-refractivity contribution in [1.82, 2.24) is 15.2 Å². The number of likely N-dealkylation sites (N-methyl/N-ethyl adjacent to an activating group) is 1. The molecule has 1 atom stereocenters. The highest BCUT2D eigenvalue weighted by Gasteiger charge is 2.16. The van der Waals surface area contributed by atoms with Gasteiger partial charge in [-0.1, -0.05) is 41.9 Å². The normalized spacial score (nSPS) is 12.3. The number of nitrogens with one attached hydrogen (secondary N) is 2. The van der Waals surface area contributed by atoms with Crippen LogP contribution in [0.3, 0.4) is 0 Å². The number of nitrogens with zero attached hydrogens (tertiary/aromatic N) is 1. The van der Waals surface area contributed by atoms with Crippen LogP contribution >= 0.6 is 11.6 Å². The van der Waals surface area contributed by atoms with Gasteiger partial charge < -0.3 is 15.2 Å². The van der Waals surface area contributed by atoms with Crippen molar-refractivity contribution in [2.24, 2.45) is 0 Å². The fourth-order valence-electron chi connectivity index (χ4n) is 3.24. The van der Waals surface area contributed by atoms with Crippen LogP contribution < -0.4 is 10.9 Å². The molecule has 146 valence electrons. The maximum atomic E-state index is 12.3. The number of para-hydroxylation sites is 1. The molecule has 6 heteroatoms. The Kier molecular flexibility index (Phi) is 6.49. The first-order valence-corrected chi connectivity index (χ1v) is 9.61. The van der Waals surface area contributed by atoms with Crippen molar-refractivity contribution in [2.45, 2.75) is 18.9 Å². The van der Waals surface area contributed by atoms with Crippen molar-refractivity contribution in [2.75, 3.05) is 20.6 Å². The molecule has 1 amide bonds. The molecule has 0 radical (unpaired) electrons. The van der Waals surface area contributed by atoms with Crippen LogP contribution in [-0.2, 0) is 11.2 Å². The highest BCUT2D eigenvalue weighted by Crippen LogP contribution is 2.21. The van der Waals surface area contributed by atoms with Crippen molar-refractivity contribution < 1.29 is 4.79 Å². The Morgan fingerprint density at radius 1 is 1.14 bits per heavy atom. The molecule has 3 aromatic rings. The van der Waals surface area contributed by atoms with Gasteiger partial charge in [-0.05, 0) is 55.7 Å². The zero-order chi connectivity index (χ0) is 20.1. The minimum absolute atomic E-state index is 0.0201. The van der Waals surface area contributed by atoms with E-state index in [1.165, 1.54) is 0 Å². The summed E-state index contributed by atoms with van der Waals surface area (Å²) in [6.07, 6.45) is 0.660. The SMILES string of the molecule is CN(C)C(CNC(=O)CCc1cc2ccccc2[nH]c1=O)c1cccc(Cl)c1. The topological polar surface area (TPSA) is 65.2 Å². The van der Waals surface area contributed by atoms with E-state index in [0.29, 0.717) is 23.6 Å². The van der Waals surface area contributed by atoms with Gasteiger partial charge in [-0.15, -0.1) is 0 Å². The summed E-state index contributed by atoms with van der Waals surface area (Å²) in [5, 5.41) is 4.61. The van der Waals surface area contributed by atoms with E-state index < -0.39 is 0 Å². The van der Waals surface area contributed by atoms with Gasteiger partial charge in [0.05, 0.1) is 6.04 Å². The second-order valence-electron chi connectivity index (χ2n) is 7.05. The lowest BCUT2D eigenvalue weighted by Crippen LogP contribution is -2.34. The average molecular weight is 398 g/mol. The van der Waals surface area contributed by atoms with Crippen molar-refractivity contribution in [3.05, 3.63) is 81.1 Å². The van der Waals surface area contributed by atoms with E-state index in [9.17, 15) is 9.59 Å². The molecule has 0 aliphatic carbocycles. The summed E-state index contributed by atoms with van der Waals surface area (Å²) >= 11 is 6.09. The first-order valence-electron chi connectivity index (χ1n) is 9.23. The van der Waals surface area contributed by atoms with Crippen LogP contribution in [0.2, 0.25) is 5.02 Å². The monoisotopic (exact) mass is 397 g/mol. The average Bonchev–Trinajstić information content (AvgIpc) is 2.66. The number of aromatic nitrogens is 1. The number of carbonyl (C=O) groups excluding carboxylic acids is 1. The van der Waals surface area contributed by atoms with E-state index >= 15 is 0 Å². The number of halogens is 1. The van der Waals surface area contributed by atoms with Gasteiger partial charge in [0, 0.05) is 29.1 Å². The highest BCUT2D eigenvalue weighted by molar-refractivity contribution is 6.30. The number of pyridine rings is 1. The van der Waals surface area contributed by atoms with Gasteiger partial charge in [0.1, 0.15) is 0 Å². The summed E-state index contributed by atoms with van der Waals surface area (Å²) < 4.78 is 0. The lowest BCUT2D eigenvalue weighted by molar-refractivity contribution is -0.121. The van der Waals surface area contributed by atoms with E-state index in [0.717, 1.165) is 16.5 Å². The van der Waals surface area contributed by atoms with Gasteiger partial charge >= 0.3 is 0 Å². The van der Waals surface area contributed by atoms with Gasteiger partial charge in [0.2, 0.25) is 5.91 Å². The van der Waals surface area contributed by atoms with Gasteiger partial charge in [-0.25, -0.2) is 0 Å². The number of hydrogen-bond donors (Lipinski definition) is 2. The molecule has 28 heavy (non-hydrogen) atoms. The molecule has 1 heterocycles. The minimum Gasteiger partial charge on any atom is -0.354 e. The Bertz CT molecular complexity index is 1030. The van der Waals surface area contributed by atoms with Gasteiger partial charge in [-0.3, -0.25) is 9.59 Å². The van der Waals surface area contributed by atoms with Crippen LogP contribution in [0.1, 0.15) is 23.6 Å². The number of amides is 1. The molecule has 1 unspecified atom stereocenters. The first-order chi connectivity index (χ1) is 13.4. The van der Waals surface area contributed by atoms with Crippen LogP contribution in [0.5, 0.6) is 0 Å². The van der Waals surface area contributed by atoms with Crippen LogP contribution in [-0.4, -0.2) is 36.4 Å². The molecule has 0 spiro atoms. The smallest absolute Gasteiger partial charge is 0.251 e. The second kappa shape index (κ2) is 9.04. The van der Waals surface area contributed by atoms with Gasteiger partial charge in [0.15, 0.2) is 0 Å². The van der Waals surface area contributed by atoms with Crippen molar-refractivity contribution >= 4 is 28.4 Å². The Balaban J connectivity index is 1.61. The minimum atomic E-state index is -0.142. The van der Waals surface area contributed by atoms with Crippen LogP contribution in [0, 0.1) is 0 Å². The van der Waals surface area contributed by atoms with E-state index in [1.807, 2.05) is 73.6 Å². The molecule has 0 aliphatic rings. The molecular formula is C22H24ClN3O2. The zero-order valence-corrected chi connectivity index (χ0v) is 16.8. The third-order valence-corrected chi connectivity index (χ3v) is 5.04. The molecule has 0 aliphatic heterocycles. The summed E-state index contributed by atoms with van der Waals surface area (Å²) in [5.41, 5.74) is 2.32. The number of hydrogen-bond acceptors (Lipinski definition) is 3. The molecule has 3 rings (SSSR count). The second-order valence-corrected chi connectivity index (χ2v) is 7.49. The molecule has 2 aromatic carbocycles. The van der Waals surface area contributed by atoms with E-state index in [1.54, 1.807) is 0 Å². The number of H-pyrrole nitrogens is 1. The largest absolute Gasteiger partial charge is 0.354 e. The van der Waals surface area contributed by atoms with E-state index in [4.69, 9.17) is 11.6 Å². The van der Waals surface area contributed by atoms with Crippen LogP contribution in [0.4, 0.5) is 0 Å². The first kappa shape index (κ1) is 20.1. The fourth-order valence-corrected chi connectivity index (χ4v) is 3.44. The van der Waals surface area contributed by atoms with Crippen LogP contribution in [0.15, 0.2) is 59.4 Å². The lowest BCUT2D eigenvalue weighted by atomic mass is 10.1. The van der Waals surface area contributed by atoms with E-state index in [-0.39, 0.29) is 23.9 Å². The predicted molar refractivity (Wildman–Crippen MR) is 114 cm³/mol. The number of rotatable bonds is 7. The number of aromatic amines is 1. The van der Waals surface area contributed by atoms with Crippen molar-refractivity contribution in [1.29, 1.82) is 0 Å². The molecule has 0 bridgehead atoms. The molecule has 0 saturated carbocycles. The number of benzene rings is 2. The van der Waals surface area contributed by atoms with E-state index in [2.05, 4.69) is 10.3 Å². The molecule has 0 fully saturated rings. The summed E-state index contributed by atoms with van der Waals surface area (Å²) in [7, 11) is 3.93. The molecule has 5 nitrogen and oxygen atoms in total. The Labute approximate surface area is 169 Å². The number of carbonyl (C=O) groups is 1. The molecule has 0 saturated heterocycles.